The van der Waals surface area contributed by atoms with Gasteiger partial charge in [-0.1, -0.05) is 25.1 Å². The Bertz CT molecular complexity index is 648. The van der Waals surface area contributed by atoms with Crippen LogP contribution in [0.1, 0.15) is 36.0 Å². The van der Waals surface area contributed by atoms with Gasteiger partial charge in [-0.25, -0.2) is 0 Å². The molecule has 2 nitrogen and oxygen atoms in total. The van der Waals surface area contributed by atoms with Crippen LogP contribution in [-0.4, -0.2) is 14.2 Å². The van der Waals surface area contributed by atoms with Crippen LogP contribution in [0.4, 0.5) is 0 Å². The molecule has 116 valence electrons. The Hall–Kier alpha value is -1.96. The Balaban J connectivity index is 1.90. The minimum absolute atomic E-state index is 0.571. The van der Waals surface area contributed by atoms with E-state index in [1.54, 1.807) is 14.2 Å². The number of rotatable bonds is 4. The van der Waals surface area contributed by atoms with E-state index in [1.807, 2.05) is 6.07 Å². The molecule has 2 unspecified atom stereocenters. The first-order chi connectivity index (χ1) is 10.7. The van der Waals surface area contributed by atoms with Gasteiger partial charge in [0, 0.05) is 0 Å². The van der Waals surface area contributed by atoms with E-state index in [9.17, 15) is 0 Å². The van der Waals surface area contributed by atoms with Crippen LogP contribution < -0.4 is 9.47 Å². The van der Waals surface area contributed by atoms with Crippen molar-refractivity contribution in [1.82, 2.24) is 0 Å². The molecule has 0 aromatic heterocycles. The van der Waals surface area contributed by atoms with Gasteiger partial charge in [0.05, 0.1) is 14.2 Å². The highest BCUT2D eigenvalue weighted by molar-refractivity contribution is 5.41. The second-order valence-corrected chi connectivity index (χ2v) is 6.24. The minimum Gasteiger partial charge on any atom is -0.497 e. The van der Waals surface area contributed by atoms with Gasteiger partial charge in [0.25, 0.3) is 0 Å². The summed E-state index contributed by atoms with van der Waals surface area (Å²) < 4.78 is 10.7. The molecule has 2 atom stereocenters. The van der Waals surface area contributed by atoms with Crippen LogP contribution in [0.25, 0.3) is 0 Å². The predicted octanol–water partition coefficient (Wildman–Crippen LogP) is 4.61. The Morgan fingerprint density at radius 2 is 1.77 bits per heavy atom. The lowest BCUT2D eigenvalue weighted by Gasteiger charge is -2.32. The van der Waals surface area contributed by atoms with Crippen molar-refractivity contribution in [2.75, 3.05) is 14.2 Å². The molecule has 0 amide bonds. The molecule has 0 bridgehead atoms. The summed E-state index contributed by atoms with van der Waals surface area (Å²) >= 11 is 0. The molecule has 0 N–H and O–H groups in total. The summed E-state index contributed by atoms with van der Waals surface area (Å²) in [4.78, 5) is 0. The first-order valence-corrected chi connectivity index (χ1v) is 8.01. The van der Waals surface area contributed by atoms with E-state index in [4.69, 9.17) is 9.47 Å². The van der Waals surface area contributed by atoms with Crippen LogP contribution in [-0.2, 0) is 12.8 Å². The van der Waals surface area contributed by atoms with Gasteiger partial charge in [0.2, 0.25) is 0 Å². The van der Waals surface area contributed by atoms with Gasteiger partial charge in [0.15, 0.2) is 0 Å². The third kappa shape index (κ3) is 2.96. The summed E-state index contributed by atoms with van der Waals surface area (Å²) in [7, 11) is 3.46. The van der Waals surface area contributed by atoms with Gasteiger partial charge in [-0.05, 0) is 72.1 Å². The van der Waals surface area contributed by atoms with Crippen LogP contribution >= 0.6 is 0 Å². The molecular weight excluding hydrogens is 272 g/mol. The van der Waals surface area contributed by atoms with Crippen molar-refractivity contribution in [2.45, 2.75) is 32.1 Å². The average molecular weight is 296 g/mol. The van der Waals surface area contributed by atoms with Crippen molar-refractivity contribution in [3.05, 3.63) is 59.2 Å². The number of aryl methyl sites for hydroxylation is 1. The number of ether oxygens (including phenoxy) is 2. The smallest absolute Gasteiger partial charge is 0.119 e. The maximum absolute atomic E-state index is 5.37. The fourth-order valence-electron chi connectivity index (χ4n) is 3.54. The number of methoxy groups -OCH3 is 2. The second-order valence-electron chi connectivity index (χ2n) is 6.24. The van der Waals surface area contributed by atoms with E-state index in [0.29, 0.717) is 11.8 Å². The van der Waals surface area contributed by atoms with Crippen LogP contribution in [0, 0.1) is 5.92 Å². The molecule has 1 aliphatic carbocycles. The van der Waals surface area contributed by atoms with E-state index < -0.39 is 0 Å². The molecule has 0 fully saturated rings. The van der Waals surface area contributed by atoms with Crippen LogP contribution in [0.5, 0.6) is 11.5 Å². The van der Waals surface area contributed by atoms with Crippen molar-refractivity contribution in [1.29, 1.82) is 0 Å². The fraction of sp³-hybridized carbons (Fsp3) is 0.400. The summed E-state index contributed by atoms with van der Waals surface area (Å²) in [5.41, 5.74) is 4.28. The maximum atomic E-state index is 5.37. The SMILES string of the molecule is COc1cccc(CC2c3ccc(OC)cc3CCC2C)c1. The summed E-state index contributed by atoms with van der Waals surface area (Å²) in [5.74, 6) is 3.18. The number of hydrogen-bond donors (Lipinski definition) is 0. The van der Waals surface area contributed by atoms with E-state index >= 15 is 0 Å². The Morgan fingerprint density at radius 1 is 1.00 bits per heavy atom. The van der Waals surface area contributed by atoms with Crippen molar-refractivity contribution in [3.8, 4) is 11.5 Å². The lowest BCUT2D eigenvalue weighted by atomic mass is 9.73. The largest absolute Gasteiger partial charge is 0.497 e. The molecule has 2 aromatic carbocycles. The van der Waals surface area contributed by atoms with Crippen molar-refractivity contribution in [2.24, 2.45) is 5.92 Å². The van der Waals surface area contributed by atoms with E-state index in [2.05, 4.69) is 43.3 Å². The topological polar surface area (TPSA) is 18.5 Å². The molecule has 0 saturated heterocycles. The van der Waals surface area contributed by atoms with E-state index in [1.165, 1.54) is 23.1 Å². The summed E-state index contributed by atoms with van der Waals surface area (Å²) in [6.07, 6.45) is 3.47. The average Bonchev–Trinajstić information content (AvgIpc) is 2.57. The third-order valence-electron chi connectivity index (χ3n) is 4.90. The number of fused-ring (bicyclic) bond motifs is 1. The fourth-order valence-corrected chi connectivity index (χ4v) is 3.54. The Kier molecular flexibility index (Phi) is 4.37. The van der Waals surface area contributed by atoms with Crippen LogP contribution in [0.3, 0.4) is 0 Å². The zero-order valence-corrected chi connectivity index (χ0v) is 13.6. The van der Waals surface area contributed by atoms with Crippen molar-refractivity contribution >= 4 is 0 Å². The zero-order valence-electron chi connectivity index (χ0n) is 13.6. The van der Waals surface area contributed by atoms with Crippen LogP contribution in [0.2, 0.25) is 0 Å². The molecule has 3 rings (SSSR count). The van der Waals surface area contributed by atoms with E-state index in [-0.39, 0.29) is 0 Å². The highest BCUT2D eigenvalue weighted by atomic mass is 16.5. The van der Waals surface area contributed by atoms with Crippen LogP contribution in [0.15, 0.2) is 42.5 Å². The van der Waals surface area contributed by atoms with Gasteiger partial charge >= 0.3 is 0 Å². The van der Waals surface area contributed by atoms with Crippen molar-refractivity contribution in [3.63, 3.8) is 0 Å². The highest BCUT2D eigenvalue weighted by Crippen LogP contribution is 2.39. The molecule has 2 aromatic rings. The zero-order chi connectivity index (χ0) is 15.5. The lowest BCUT2D eigenvalue weighted by molar-refractivity contribution is 0.390. The normalized spacial score (nSPS) is 20.3. The standard InChI is InChI=1S/C20H24O2/c1-14-7-8-16-13-18(22-3)9-10-19(16)20(14)12-15-5-4-6-17(11-15)21-2/h4-6,9-11,13-14,20H,7-8,12H2,1-3H3. The molecule has 0 aliphatic heterocycles. The maximum Gasteiger partial charge on any atom is 0.119 e. The molecule has 0 radical (unpaired) electrons. The number of benzene rings is 2. The summed E-state index contributed by atoms with van der Waals surface area (Å²) in [6.45, 7) is 2.37. The van der Waals surface area contributed by atoms with Crippen molar-refractivity contribution < 1.29 is 9.47 Å². The Labute approximate surface area is 133 Å². The molecule has 0 saturated carbocycles. The number of hydrogen-bond acceptors (Lipinski definition) is 2. The molecule has 0 heterocycles. The quantitative estimate of drug-likeness (QED) is 0.820. The predicted molar refractivity (Wildman–Crippen MR) is 89.9 cm³/mol. The minimum atomic E-state index is 0.571. The summed E-state index contributed by atoms with van der Waals surface area (Å²) in [6, 6.07) is 15.0. The molecule has 0 spiro atoms. The summed E-state index contributed by atoms with van der Waals surface area (Å²) in [5, 5.41) is 0. The van der Waals surface area contributed by atoms with Gasteiger partial charge in [-0.3, -0.25) is 0 Å². The van der Waals surface area contributed by atoms with Gasteiger partial charge in [-0.2, -0.15) is 0 Å². The molecule has 1 aliphatic rings. The van der Waals surface area contributed by atoms with Gasteiger partial charge in [0.1, 0.15) is 11.5 Å². The monoisotopic (exact) mass is 296 g/mol. The van der Waals surface area contributed by atoms with Gasteiger partial charge < -0.3 is 9.47 Å². The molecular formula is C20H24O2. The first kappa shape index (κ1) is 15.0. The third-order valence-corrected chi connectivity index (χ3v) is 4.90. The first-order valence-electron chi connectivity index (χ1n) is 8.01. The Morgan fingerprint density at radius 3 is 2.55 bits per heavy atom. The molecule has 22 heavy (non-hydrogen) atoms. The molecule has 2 heteroatoms. The lowest BCUT2D eigenvalue weighted by Crippen LogP contribution is -2.20. The van der Waals surface area contributed by atoms with E-state index in [0.717, 1.165) is 24.3 Å². The second kappa shape index (κ2) is 6.43. The van der Waals surface area contributed by atoms with Gasteiger partial charge in [-0.15, -0.1) is 0 Å². The highest BCUT2D eigenvalue weighted by Gasteiger charge is 2.27.